The van der Waals surface area contributed by atoms with Crippen molar-refractivity contribution in [3.05, 3.63) is 35.6 Å². The largest absolute Gasteiger partial charge is 0.378 e. The quantitative estimate of drug-likeness (QED) is 0.836. The minimum Gasteiger partial charge on any atom is -0.378 e. The summed E-state index contributed by atoms with van der Waals surface area (Å²) < 4.78 is 7.50. The maximum Gasteiger partial charge on any atom is 0.224 e. The van der Waals surface area contributed by atoms with Crippen molar-refractivity contribution in [2.75, 3.05) is 11.9 Å². The third-order valence-electron chi connectivity index (χ3n) is 3.91. The molecule has 0 spiro atoms. The Morgan fingerprint density at radius 1 is 1.54 bits per heavy atom. The molecule has 128 valence electrons. The second-order valence-corrected chi connectivity index (χ2v) is 7.23. The Kier molecular flexibility index (Phi) is 5.81. The lowest BCUT2D eigenvalue weighted by atomic mass is 10.1. The summed E-state index contributed by atoms with van der Waals surface area (Å²) in [5, 5.41) is 4.42. The number of imidazole rings is 1. The van der Waals surface area contributed by atoms with Crippen LogP contribution in [0.3, 0.4) is 0 Å². The number of amides is 1. The first-order valence-corrected chi connectivity index (χ1v) is 9.17. The number of hydrogen-bond acceptors (Lipinski definition) is 4. The summed E-state index contributed by atoms with van der Waals surface area (Å²) in [6.07, 6.45) is 7.20. The van der Waals surface area contributed by atoms with E-state index in [1.165, 1.54) is 11.8 Å². The molecule has 0 radical (unpaired) electrons. The smallest absolute Gasteiger partial charge is 0.224 e. The molecule has 0 bridgehead atoms. The summed E-state index contributed by atoms with van der Waals surface area (Å²) in [5.74, 6) is -0.0190. The summed E-state index contributed by atoms with van der Waals surface area (Å²) in [6.45, 7) is 0.811. The third-order valence-corrected chi connectivity index (χ3v) is 5.30. The number of aromatic nitrogens is 2. The number of carbonyl (C=O) groups is 1. The molecule has 2 aromatic rings. The van der Waals surface area contributed by atoms with Crippen LogP contribution in [0.15, 0.2) is 40.6 Å². The van der Waals surface area contributed by atoms with Crippen LogP contribution in [0.1, 0.15) is 25.7 Å². The molecule has 1 amide bonds. The van der Waals surface area contributed by atoms with E-state index in [1.807, 2.05) is 29.9 Å². The van der Waals surface area contributed by atoms with Crippen molar-refractivity contribution in [3.8, 4) is 0 Å². The van der Waals surface area contributed by atoms with Crippen LogP contribution >= 0.6 is 23.4 Å². The van der Waals surface area contributed by atoms with Gasteiger partial charge in [-0.3, -0.25) is 4.79 Å². The molecular formula is C17H20ClN3O2S. The van der Waals surface area contributed by atoms with Gasteiger partial charge in [-0.25, -0.2) is 4.98 Å². The Hall–Kier alpha value is -1.50. The average Bonchev–Trinajstić information content (AvgIpc) is 3.20. The van der Waals surface area contributed by atoms with E-state index >= 15 is 0 Å². The highest BCUT2D eigenvalue weighted by molar-refractivity contribution is 7.99. The van der Waals surface area contributed by atoms with Gasteiger partial charge in [-0.15, -0.1) is 0 Å². The summed E-state index contributed by atoms with van der Waals surface area (Å²) in [5.41, 5.74) is 0.716. The first kappa shape index (κ1) is 17.3. The molecule has 1 fully saturated rings. The molecule has 0 unspecified atom stereocenters. The highest BCUT2D eigenvalue weighted by Crippen LogP contribution is 2.34. The monoisotopic (exact) mass is 365 g/mol. The first-order chi connectivity index (χ1) is 11.6. The number of rotatable bonds is 6. The summed E-state index contributed by atoms with van der Waals surface area (Å²) in [6, 6.07) is 5.49. The Balaban J connectivity index is 1.66. The number of aryl methyl sites for hydroxylation is 1. The molecule has 3 rings (SSSR count). The summed E-state index contributed by atoms with van der Waals surface area (Å²) in [4.78, 5) is 17.5. The number of anilines is 1. The lowest BCUT2D eigenvalue weighted by molar-refractivity contribution is -0.116. The van der Waals surface area contributed by atoms with Gasteiger partial charge >= 0.3 is 0 Å². The van der Waals surface area contributed by atoms with E-state index in [0.717, 1.165) is 35.9 Å². The number of hydrogen-bond donors (Lipinski definition) is 1. The van der Waals surface area contributed by atoms with Crippen LogP contribution in [0.25, 0.3) is 0 Å². The maximum absolute atomic E-state index is 12.3. The van der Waals surface area contributed by atoms with E-state index in [-0.39, 0.29) is 12.0 Å². The van der Waals surface area contributed by atoms with E-state index in [1.54, 1.807) is 12.3 Å². The second-order valence-electron chi connectivity index (χ2n) is 5.79. The molecule has 1 aromatic heterocycles. The van der Waals surface area contributed by atoms with Crippen LogP contribution in [-0.2, 0) is 16.6 Å². The standard InChI is InChI=1S/C17H20ClN3O2S/c1-21-9-8-19-17(21)24-15-6-4-12(18)11-14(15)20-16(22)7-5-13-3-2-10-23-13/h4,6,8-9,11,13H,2-3,5,7,10H2,1H3,(H,20,22)/t13-/m1/s1. The molecule has 2 heterocycles. The van der Waals surface area contributed by atoms with Gasteiger partial charge in [-0.2, -0.15) is 0 Å². The van der Waals surface area contributed by atoms with Gasteiger partial charge in [0.25, 0.3) is 0 Å². The molecule has 1 aromatic carbocycles. The fraction of sp³-hybridized carbons (Fsp3) is 0.412. The third kappa shape index (κ3) is 4.53. The predicted octanol–water partition coefficient (Wildman–Crippen LogP) is 4.12. The van der Waals surface area contributed by atoms with Crippen molar-refractivity contribution in [3.63, 3.8) is 0 Å². The van der Waals surface area contributed by atoms with Crippen molar-refractivity contribution in [2.24, 2.45) is 7.05 Å². The number of nitrogens with one attached hydrogen (secondary N) is 1. The number of carbonyl (C=O) groups excluding carboxylic acids is 1. The molecule has 24 heavy (non-hydrogen) atoms. The van der Waals surface area contributed by atoms with Crippen LogP contribution in [0.4, 0.5) is 5.69 Å². The normalized spacial score (nSPS) is 17.2. The van der Waals surface area contributed by atoms with Crippen LogP contribution in [-0.4, -0.2) is 28.2 Å². The van der Waals surface area contributed by atoms with Crippen LogP contribution in [0.2, 0.25) is 5.02 Å². The second kappa shape index (κ2) is 8.05. The zero-order valence-corrected chi connectivity index (χ0v) is 15.1. The van der Waals surface area contributed by atoms with Crippen LogP contribution in [0, 0.1) is 0 Å². The van der Waals surface area contributed by atoms with Crippen LogP contribution in [0.5, 0.6) is 0 Å². The molecule has 5 nitrogen and oxygen atoms in total. The molecule has 1 N–H and O–H groups in total. The molecule has 7 heteroatoms. The van der Waals surface area contributed by atoms with E-state index < -0.39 is 0 Å². The fourth-order valence-electron chi connectivity index (χ4n) is 2.61. The zero-order chi connectivity index (χ0) is 16.9. The molecule has 0 aliphatic carbocycles. The average molecular weight is 366 g/mol. The number of halogens is 1. The summed E-state index contributed by atoms with van der Waals surface area (Å²) >= 11 is 7.59. The molecule has 1 aliphatic rings. The van der Waals surface area contributed by atoms with E-state index in [9.17, 15) is 4.79 Å². The fourth-order valence-corrected chi connectivity index (χ4v) is 3.66. The van der Waals surface area contributed by atoms with Crippen molar-refractivity contribution in [2.45, 2.75) is 41.8 Å². The number of nitrogens with zero attached hydrogens (tertiary/aromatic N) is 2. The van der Waals surface area contributed by atoms with E-state index in [2.05, 4.69) is 10.3 Å². The van der Waals surface area contributed by atoms with Crippen molar-refractivity contribution >= 4 is 35.0 Å². The molecule has 1 saturated heterocycles. The lowest BCUT2D eigenvalue weighted by Gasteiger charge is -2.12. The van der Waals surface area contributed by atoms with Gasteiger partial charge in [0, 0.05) is 42.4 Å². The Morgan fingerprint density at radius 2 is 2.42 bits per heavy atom. The van der Waals surface area contributed by atoms with E-state index in [0.29, 0.717) is 17.1 Å². The Bertz CT molecular complexity index is 714. The predicted molar refractivity (Wildman–Crippen MR) is 95.6 cm³/mol. The van der Waals surface area contributed by atoms with Gasteiger partial charge in [0.15, 0.2) is 5.16 Å². The van der Waals surface area contributed by atoms with Gasteiger partial charge in [-0.05, 0) is 49.2 Å². The van der Waals surface area contributed by atoms with Crippen LogP contribution < -0.4 is 5.32 Å². The highest BCUT2D eigenvalue weighted by atomic mass is 35.5. The van der Waals surface area contributed by atoms with Crippen molar-refractivity contribution in [1.29, 1.82) is 0 Å². The number of ether oxygens (including phenoxy) is 1. The van der Waals surface area contributed by atoms with Crippen molar-refractivity contribution < 1.29 is 9.53 Å². The molecule has 0 saturated carbocycles. The molecule has 1 aliphatic heterocycles. The highest BCUT2D eigenvalue weighted by Gasteiger charge is 2.17. The molecular weight excluding hydrogens is 346 g/mol. The van der Waals surface area contributed by atoms with Gasteiger partial charge in [0.2, 0.25) is 5.91 Å². The van der Waals surface area contributed by atoms with Gasteiger partial charge in [0.05, 0.1) is 11.8 Å². The molecule has 1 atom stereocenters. The SMILES string of the molecule is Cn1ccnc1Sc1ccc(Cl)cc1NC(=O)CC[C@H]1CCCO1. The minimum atomic E-state index is -0.0190. The van der Waals surface area contributed by atoms with Gasteiger partial charge < -0.3 is 14.6 Å². The maximum atomic E-state index is 12.3. The van der Waals surface area contributed by atoms with Gasteiger partial charge in [-0.1, -0.05) is 11.6 Å². The summed E-state index contributed by atoms with van der Waals surface area (Å²) in [7, 11) is 1.94. The van der Waals surface area contributed by atoms with Gasteiger partial charge in [0.1, 0.15) is 0 Å². The van der Waals surface area contributed by atoms with E-state index in [4.69, 9.17) is 16.3 Å². The Labute approximate surface area is 150 Å². The first-order valence-electron chi connectivity index (χ1n) is 7.98. The lowest BCUT2D eigenvalue weighted by Crippen LogP contribution is -2.15. The minimum absolute atomic E-state index is 0.0190. The number of benzene rings is 1. The topological polar surface area (TPSA) is 56.2 Å². The zero-order valence-electron chi connectivity index (χ0n) is 13.5. The van der Waals surface area contributed by atoms with Crippen molar-refractivity contribution in [1.82, 2.24) is 9.55 Å². The Morgan fingerprint density at radius 3 is 3.12 bits per heavy atom.